The molecule has 5 heteroatoms. The van der Waals surface area contributed by atoms with E-state index in [0.29, 0.717) is 16.8 Å². The van der Waals surface area contributed by atoms with Crippen molar-refractivity contribution in [1.29, 1.82) is 0 Å². The van der Waals surface area contributed by atoms with Crippen LogP contribution < -0.4 is 4.74 Å². The van der Waals surface area contributed by atoms with Crippen LogP contribution in [0.2, 0.25) is 0 Å². The summed E-state index contributed by atoms with van der Waals surface area (Å²) in [6.07, 6.45) is 5.56. The number of carboxylic acid groups (broad SMARTS) is 1. The van der Waals surface area contributed by atoms with Gasteiger partial charge in [-0.2, -0.15) is 0 Å². The number of ether oxygens (including phenoxy) is 1. The predicted octanol–water partition coefficient (Wildman–Crippen LogP) is 4.37. The molecule has 1 aromatic heterocycles. The molecule has 1 N–H and O–H groups in total. The molecule has 0 saturated heterocycles. The topological polar surface area (TPSA) is 59.4 Å². The van der Waals surface area contributed by atoms with Gasteiger partial charge in [-0.25, -0.2) is 14.2 Å². The van der Waals surface area contributed by atoms with Gasteiger partial charge in [0, 0.05) is 11.5 Å². The molecule has 0 saturated carbocycles. The normalized spacial score (nSPS) is 12.1. The third-order valence-electron chi connectivity index (χ3n) is 3.65. The van der Waals surface area contributed by atoms with Crippen molar-refractivity contribution in [3.63, 3.8) is 0 Å². The zero-order valence-corrected chi connectivity index (χ0v) is 13.5. The van der Waals surface area contributed by atoms with Crippen molar-refractivity contribution >= 4 is 22.4 Å². The average Bonchev–Trinajstić information content (AvgIpc) is 2.51. The van der Waals surface area contributed by atoms with Crippen LogP contribution in [0.3, 0.4) is 0 Å². The number of halogens is 1. The molecule has 23 heavy (non-hydrogen) atoms. The second kappa shape index (κ2) is 6.60. The SMILES string of the molecule is CC=CC(=CC)c1nc2cc(OC)c(F)cc2c(C(=O)O)c1C. The molecule has 0 fully saturated rings. The molecule has 2 aromatic rings. The molecule has 0 bridgehead atoms. The number of allylic oxidation sites excluding steroid dienone is 4. The standard InChI is InChI=1S/C18H18FNO3/c1-5-7-11(6-2)17-10(3)16(18(21)22)12-8-13(19)15(23-4)9-14(12)20-17/h5-9H,1-4H3,(H,21,22). The van der Waals surface area contributed by atoms with Crippen LogP contribution in [0, 0.1) is 12.7 Å². The van der Waals surface area contributed by atoms with Gasteiger partial charge >= 0.3 is 5.97 Å². The van der Waals surface area contributed by atoms with E-state index >= 15 is 0 Å². The highest BCUT2D eigenvalue weighted by molar-refractivity contribution is 6.05. The predicted molar refractivity (Wildman–Crippen MR) is 88.4 cm³/mol. The van der Waals surface area contributed by atoms with E-state index in [4.69, 9.17) is 4.74 Å². The van der Waals surface area contributed by atoms with Gasteiger partial charge in [-0.15, -0.1) is 0 Å². The number of pyridine rings is 1. The van der Waals surface area contributed by atoms with Gasteiger partial charge in [0.15, 0.2) is 11.6 Å². The summed E-state index contributed by atoms with van der Waals surface area (Å²) in [7, 11) is 1.36. The van der Waals surface area contributed by atoms with Crippen LogP contribution in [0.1, 0.15) is 35.5 Å². The Labute approximate surface area is 133 Å². The quantitative estimate of drug-likeness (QED) is 0.851. The number of carbonyl (C=O) groups is 1. The molecule has 0 atom stereocenters. The van der Waals surface area contributed by atoms with Crippen LogP contribution >= 0.6 is 0 Å². The summed E-state index contributed by atoms with van der Waals surface area (Å²) in [4.78, 5) is 16.2. The van der Waals surface area contributed by atoms with Crippen LogP contribution in [-0.4, -0.2) is 23.2 Å². The minimum Gasteiger partial charge on any atom is -0.494 e. The monoisotopic (exact) mass is 315 g/mol. The fourth-order valence-corrected chi connectivity index (χ4v) is 2.56. The molecule has 4 nitrogen and oxygen atoms in total. The summed E-state index contributed by atoms with van der Waals surface area (Å²) in [6, 6.07) is 2.58. The first kappa shape index (κ1) is 16.7. The van der Waals surface area contributed by atoms with E-state index in [1.54, 1.807) is 6.92 Å². The molecule has 2 rings (SSSR count). The number of aromatic nitrogens is 1. The van der Waals surface area contributed by atoms with Crippen molar-refractivity contribution in [2.45, 2.75) is 20.8 Å². The van der Waals surface area contributed by atoms with Crippen LogP contribution in [-0.2, 0) is 0 Å². The van der Waals surface area contributed by atoms with Gasteiger partial charge in [0.05, 0.1) is 23.9 Å². The number of nitrogens with zero attached hydrogens (tertiary/aromatic N) is 1. The largest absolute Gasteiger partial charge is 0.494 e. The van der Waals surface area contributed by atoms with E-state index < -0.39 is 11.8 Å². The summed E-state index contributed by atoms with van der Waals surface area (Å²) >= 11 is 0. The second-order valence-corrected chi connectivity index (χ2v) is 5.01. The number of carboxylic acids is 1. The Bertz CT molecular complexity index is 838. The van der Waals surface area contributed by atoms with Crippen molar-refractivity contribution in [1.82, 2.24) is 4.98 Å². The van der Waals surface area contributed by atoms with Gasteiger partial charge in [-0.05, 0) is 38.0 Å². The Kier molecular flexibility index (Phi) is 4.79. The Balaban J connectivity index is 2.94. The summed E-state index contributed by atoms with van der Waals surface area (Å²) in [5.41, 5.74) is 2.29. The van der Waals surface area contributed by atoms with Crippen molar-refractivity contribution in [3.8, 4) is 5.75 Å². The zero-order valence-electron chi connectivity index (χ0n) is 13.5. The van der Waals surface area contributed by atoms with Crippen LogP contribution in [0.25, 0.3) is 16.5 Å². The fraction of sp³-hybridized carbons (Fsp3) is 0.222. The molecule has 0 aliphatic rings. The minimum absolute atomic E-state index is 0.0317. The number of hydrogen-bond acceptors (Lipinski definition) is 3. The third-order valence-corrected chi connectivity index (χ3v) is 3.65. The zero-order chi connectivity index (χ0) is 17.1. The maximum atomic E-state index is 14.0. The molecule has 0 aliphatic carbocycles. The van der Waals surface area contributed by atoms with Gasteiger partial charge in [0.25, 0.3) is 0 Å². The van der Waals surface area contributed by atoms with Crippen molar-refractivity contribution < 1.29 is 19.0 Å². The summed E-state index contributed by atoms with van der Waals surface area (Å²) < 4.78 is 18.9. The van der Waals surface area contributed by atoms with E-state index in [-0.39, 0.29) is 16.7 Å². The van der Waals surface area contributed by atoms with E-state index in [1.807, 2.05) is 32.1 Å². The molecule has 0 spiro atoms. The number of benzene rings is 1. The van der Waals surface area contributed by atoms with E-state index in [2.05, 4.69) is 4.98 Å². The first-order chi connectivity index (χ1) is 10.9. The maximum Gasteiger partial charge on any atom is 0.336 e. The number of rotatable bonds is 4. The molecular formula is C18H18FNO3. The summed E-state index contributed by atoms with van der Waals surface area (Å²) in [5.74, 6) is -1.70. The van der Waals surface area contributed by atoms with E-state index in [1.165, 1.54) is 13.2 Å². The summed E-state index contributed by atoms with van der Waals surface area (Å²) in [6.45, 7) is 5.41. The van der Waals surface area contributed by atoms with Gasteiger partial charge in [-0.3, -0.25) is 0 Å². The number of hydrogen-bond donors (Lipinski definition) is 1. The molecule has 0 radical (unpaired) electrons. The van der Waals surface area contributed by atoms with Crippen molar-refractivity contribution in [3.05, 3.63) is 53.0 Å². The van der Waals surface area contributed by atoms with E-state index in [9.17, 15) is 14.3 Å². The first-order valence-corrected chi connectivity index (χ1v) is 7.15. The van der Waals surface area contributed by atoms with Crippen LogP contribution in [0.15, 0.2) is 30.4 Å². The Hall–Kier alpha value is -2.69. The Morgan fingerprint density at radius 2 is 2.04 bits per heavy atom. The lowest BCUT2D eigenvalue weighted by Gasteiger charge is -2.13. The number of methoxy groups -OCH3 is 1. The highest BCUT2D eigenvalue weighted by Gasteiger charge is 2.20. The molecule has 120 valence electrons. The van der Waals surface area contributed by atoms with Crippen LogP contribution in [0.5, 0.6) is 5.75 Å². The first-order valence-electron chi connectivity index (χ1n) is 7.15. The second-order valence-electron chi connectivity index (χ2n) is 5.01. The van der Waals surface area contributed by atoms with Crippen molar-refractivity contribution in [2.24, 2.45) is 0 Å². The molecule has 1 heterocycles. The van der Waals surface area contributed by atoms with Crippen molar-refractivity contribution in [2.75, 3.05) is 7.11 Å². The van der Waals surface area contributed by atoms with Crippen LogP contribution in [0.4, 0.5) is 4.39 Å². The number of fused-ring (bicyclic) bond motifs is 1. The molecule has 0 amide bonds. The van der Waals surface area contributed by atoms with Gasteiger partial charge < -0.3 is 9.84 Å². The molecule has 1 aromatic carbocycles. The average molecular weight is 315 g/mol. The molecular weight excluding hydrogens is 297 g/mol. The molecule has 0 aliphatic heterocycles. The van der Waals surface area contributed by atoms with E-state index in [0.717, 1.165) is 11.6 Å². The van der Waals surface area contributed by atoms with Gasteiger partial charge in [-0.1, -0.05) is 18.2 Å². The Morgan fingerprint density at radius 1 is 1.35 bits per heavy atom. The fourth-order valence-electron chi connectivity index (χ4n) is 2.56. The Morgan fingerprint density at radius 3 is 2.57 bits per heavy atom. The maximum absolute atomic E-state index is 14.0. The number of aromatic carboxylic acids is 1. The summed E-state index contributed by atoms with van der Waals surface area (Å²) in [5, 5.41) is 9.83. The minimum atomic E-state index is -1.11. The van der Waals surface area contributed by atoms with Gasteiger partial charge in [0.1, 0.15) is 0 Å². The lowest BCUT2D eigenvalue weighted by atomic mass is 9.97. The smallest absolute Gasteiger partial charge is 0.336 e. The lowest BCUT2D eigenvalue weighted by Crippen LogP contribution is -2.07. The highest BCUT2D eigenvalue weighted by Crippen LogP contribution is 2.31. The highest BCUT2D eigenvalue weighted by atomic mass is 19.1. The lowest BCUT2D eigenvalue weighted by molar-refractivity contribution is 0.0698. The van der Waals surface area contributed by atoms with Gasteiger partial charge in [0.2, 0.25) is 0 Å². The third kappa shape index (κ3) is 2.95. The molecule has 0 unspecified atom stereocenters.